The second kappa shape index (κ2) is 7.56. The van der Waals surface area contributed by atoms with Gasteiger partial charge in [0.1, 0.15) is 6.04 Å². The Morgan fingerprint density at radius 3 is 2.76 bits per heavy atom. The SMILES string of the molecule is O=C(CCC1NC(=O)NC1=O)NCCc1noc(-c2ccccc2)n1. The summed E-state index contributed by atoms with van der Waals surface area (Å²) in [5.41, 5.74) is 0.835. The Labute approximate surface area is 143 Å². The Hall–Kier alpha value is -3.23. The smallest absolute Gasteiger partial charge is 0.322 e. The summed E-state index contributed by atoms with van der Waals surface area (Å²) in [6.45, 7) is 0.357. The molecular weight excluding hydrogens is 326 g/mol. The first-order valence-electron chi connectivity index (χ1n) is 7.88. The van der Waals surface area contributed by atoms with E-state index in [1.165, 1.54) is 0 Å². The Balaban J connectivity index is 1.39. The van der Waals surface area contributed by atoms with E-state index < -0.39 is 18.0 Å². The molecule has 4 amide bonds. The topological polar surface area (TPSA) is 126 Å². The molecule has 0 aliphatic carbocycles. The first-order chi connectivity index (χ1) is 12.1. The molecule has 9 nitrogen and oxygen atoms in total. The lowest BCUT2D eigenvalue weighted by Crippen LogP contribution is -2.32. The van der Waals surface area contributed by atoms with Gasteiger partial charge in [-0.05, 0) is 18.6 Å². The third-order valence-corrected chi connectivity index (χ3v) is 3.68. The highest BCUT2D eigenvalue weighted by atomic mass is 16.5. The third-order valence-electron chi connectivity index (χ3n) is 3.68. The quantitative estimate of drug-likeness (QED) is 0.624. The molecule has 1 unspecified atom stereocenters. The molecule has 3 N–H and O–H groups in total. The maximum atomic E-state index is 11.8. The number of carbonyl (C=O) groups is 3. The van der Waals surface area contributed by atoms with Crippen LogP contribution >= 0.6 is 0 Å². The molecular formula is C16H17N5O4. The molecule has 2 aromatic rings. The lowest BCUT2D eigenvalue weighted by molar-refractivity contribution is -0.122. The van der Waals surface area contributed by atoms with Crippen LogP contribution in [0.4, 0.5) is 4.79 Å². The average Bonchev–Trinajstić information content (AvgIpc) is 3.20. The number of hydrogen-bond donors (Lipinski definition) is 3. The monoisotopic (exact) mass is 343 g/mol. The molecule has 1 fully saturated rings. The molecule has 0 spiro atoms. The highest BCUT2D eigenvalue weighted by Gasteiger charge is 2.29. The first-order valence-corrected chi connectivity index (χ1v) is 7.88. The van der Waals surface area contributed by atoms with Gasteiger partial charge in [0.05, 0.1) is 0 Å². The van der Waals surface area contributed by atoms with Crippen molar-refractivity contribution in [2.45, 2.75) is 25.3 Å². The Morgan fingerprint density at radius 1 is 1.24 bits per heavy atom. The van der Waals surface area contributed by atoms with Crippen molar-refractivity contribution in [2.24, 2.45) is 0 Å². The molecule has 0 bridgehead atoms. The van der Waals surface area contributed by atoms with Gasteiger partial charge in [-0.25, -0.2) is 4.79 Å². The zero-order chi connectivity index (χ0) is 17.6. The van der Waals surface area contributed by atoms with Crippen molar-refractivity contribution in [1.29, 1.82) is 0 Å². The molecule has 3 rings (SSSR count). The predicted molar refractivity (Wildman–Crippen MR) is 86.1 cm³/mol. The summed E-state index contributed by atoms with van der Waals surface area (Å²) < 4.78 is 5.19. The molecule has 1 aliphatic rings. The van der Waals surface area contributed by atoms with E-state index in [1.54, 1.807) is 0 Å². The molecule has 0 saturated carbocycles. The maximum Gasteiger partial charge on any atom is 0.322 e. The van der Waals surface area contributed by atoms with Crippen LogP contribution in [-0.2, 0) is 16.0 Å². The van der Waals surface area contributed by atoms with E-state index in [9.17, 15) is 14.4 Å². The summed E-state index contributed by atoms with van der Waals surface area (Å²) in [6.07, 6.45) is 0.826. The average molecular weight is 343 g/mol. The van der Waals surface area contributed by atoms with E-state index in [2.05, 4.69) is 26.1 Å². The molecule has 1 atom stereocenters. The van der Waals surface area contributed by atoms with E-state index in [0.717, 1.165) is 5.56 Å². The van der Waals surface area contributed by atoms with Crippen molar-refractivity contribution < 1.29 is 18.9 Å². The summed E-state index contributed by atoms with van der Waals surface area (Å²) in [5.74, 6) is 0.324. The van der Waals surface area contributed by atoms with E-state index in [1.807, 2.05) is 30.3 Å². The predicted octanol–water partition coefficient (Wildman–Crippen LogP) is 0.384. The van der Waals surface area contributed by atoms with Crippen molar-refractivity contribution in [3.63, 3.8) is 0 Å². The third kappa shape index (κ3) is 4.40. The van der Waals surface area contributed by atoms with Gasteiger partial charge in [0.2, 0.25) is 5.91 Å². The van der Waals surface area contributed by atoms with E-state index >= 15 is 0 Å². The van der Waals surface area contributed by atoms with Gasteiger partial charge in [0.25, 0.3) is 11.8 Å². The van der Waals surface area contributed by atoms with Crippen molar-refractivity contribution in [1.82, 2.24) is 26.1 Å². The van der Waals surface area contributed by atoms with Gasteiger partial charge in [-0.2, -0.15) is 4.98 Å². The fraction of sp³-hybridized carbons (Fsp3) is 0.312. The fourth-order valence-electron chi connectivity index (χ4n) is 2.39. The van der Waals surface area contributed by atoms with Crippen LogP contribution in [0.25, 0.3) is 11.5 Å². The molecule has 1 aromatic carbocycles. The number of benzene rings is 1. The minimum Gasteiger partial charge on any atom is -0.356 e. The van der Waals surface area contributed by atoms with Crippen LogP contribution in [0.2, 0.25) is 0 Å². The Morgan fingerprint density at radius 2 is 2.04 bits per heavy atom. The van der Waals surface area contributed by atoms with Gasteiger partial charge in [-0.15, -0.1) is 0 Å². The van der Waals surface area contributed by atoms with Gasteiger partial charge in [0, 0.05) is 24.9 Å². The minimum atomic E-state index is -0.649. The maximum absolute atomic E-state index is 11.8. The summed E-state index contributed by atoms with van der Waals surface area (Å²) in [6, 6.07) is 8.23. The molecule has 0 radical (unpaired) electrons. The first kappa shape index (κ1) is 16.6. The number of rotatable bonds is 7. The number of nitrogens with zero attached hydrogens (tertiary/aromatic N) is 2. The number of nitrogens with one attached hydrogen (secondary N) is 3. The van der Waals surface area contributed by atoms with Crippen molar-refractivity contribution in [3.8, 4) is 11.5 Å². The molecule has 130 valence electrons. The zero-order valence-electron chi connectivity index (χ0n) is 13.3. The summed E-state index contributed by atoms with van der Waals surface area (Å²) in [5, 5.41) is 11.2. The van der Waals surface area contributed by atoms with Crippen molar-refractivity contribution in [3.05, 3.63) is 36.2 Å². The fourth-order valence-corrected chi connectivity index (χ4v) is 2.39. The lowest BCUT2D eigenvalue weighted by Gasteiger charge is -2.07. The highest BCUT2D eigenvalue weighted by molar-refractivity contribution is 6.04. The van der Waals surface area contributed by atoms with Crippen LogP contribution in [0.15, 0.2) is 34.9 Å². The van der Waals surface area contributed by atoms with Gasteiger partial charge >= 0.3 is 6.03 Å². The van der Waals surface area contributed by atoms with Crippen molar-refractivity contribution >= 4 is 17.8 Å². The van der Waals surface area contributed by atoms with E-state index in [-0.39, 0.29) is 18.7 Å². The van der Waals surface area contributed by atoms with Crippen LogP contribution in [-0.4, -0.2) is 40.6 Å². The van der Waals surface area contributed by atoms with Gasteiger partial charge in [-0.3, -0.25) is 14.9 Å². The van der Waals surface area contributed by atoms with Crippen LogP contribution in [0.1, 0.15) is 18.7 Å². The zero-order valence-corrected chi connectivity index (χ0v) is 13.3. The number of amides is 4. The molecule has 9 heteroatoms. The van der Waals surface area contributed by atoms with Gasteiger partial charge in [0.15, 0.2) is 5.82 Å². The minimum absolute atomic E-state index is 0.139. The van der Waals surface area contributed by atoms with Gasteiger partial charge in [-0.1, -0.05) is 23.4 Å². The molecule has 25 heavy (non-hydrogen) atoms. The molecule has 1 aromatic heterocycles. The Kier molecular flexibility index (Phi) is 5.03. The van der Waals surface area contributed by atoms with Crippen molar-refractivity contribution in [2.75, 3.05) is 6.54 Å². The largest absolute Gasteiger partial charge is 0.356 e. The number of urea groups is 1. The second-order valence-corrected chi connectivity index (χ2v) is 5.54. The molecule has 1 saturated heterocycles. The van der Waals surface area contributed by atoms with Crippen LogP contribution in [0, 0.1) is 0 Å². The lowest BCUT2D eigenvalue weighted by atomic mass is 10.1. The van der Waals surface area contributed by atoms with Crippen LogP contribution in [0.5, 0.6) is 0 Å². The van der Waals surface area contributed by atoms with Crippen LogP contribution in [0.3, 0.4) is 0 Å². The van der Waals surface area contributed by atoms with Gasteiger partial charge < -0.3 is 15.2 Å². The number of carbonyl (C=O) groups excluding carboxylic acids is 3. The summed E-state index contributed by atoms with van der Waals surface area (Å²) in [4.78, 5) is 38.4. The molecule has 1 aliphatic heterocycles. The second-order valence-electron chi connectivity index (χ2n) is 5.54. The summed E-state index contributed by atoms with van der Waals surface area (Å²) >= 11 is 0. The number of imide groups is 1. The molecule has 2 heterocycles. The Bertz CT molecular complexity index is 774. The van der Waals surface area contributed by atoms with Crippen LogP contribution < -0.4 is 16.0 Å². The van der Waals surface area contributed by atoms with E-state index in [0.29, 0.717) is 24.7 Å². The standard InChI is InChI=1S/C16H17N5O4/c22-13(7-6-11-14(23)20-16(24)18-11)17-9-8-12-19-15(25-21-12)10-4-2-1-3-5-10/h1-5,11H,6-9H2,(H,17,22)(H2,18,20,23,24). The normalized spacial score (nSPS) is 16.4. The number of aromatic nitrogens is 2. The summed E-state index contributed by atoms with van der Waals surface area (Å²) in [7, 11) is 0. The number of hydrogen-bond acceptors (Lipinski definition) is 6. The highest BCUT2D eigenvalue weighted by Crippen LogP contribution is 2.15. The van der Waals surface area contributed by atoms with E-state index in [4.69, 9.17) is 4.52 Å².